The molecule has 1 aromatic rings. The van der Waals surface area contributed by atoms with Crippen molar-refractivity contribution in [3.63, 3.8) is 0 Å². The number of benzene rings is 1. The number of unbranched alkanes of at least 4 members (excludes halogenated alkanes) is 1. The highest BCUT2D eigenvalue weighted by molar-refractivity contribution is 14.0. The number of hydrogen-bond acceptors (Lipinski definition) is 3. The average Bonchev–Trinajstić information content (AvgIpc) is 3.08. The van der Waals surface area contributed by atoms with Crippen molar-refractivity contribution >= 4 is 29.9 Å². The zero-order chi connectivity index (χ0) is 20.2. The number of nitrogens with one attached hydrogen (secondary N) is 2. The van der Waals surface area contributed by atoms with E-state index in [2.05, 4.69) is 27.8 Å². The first-order valence-corrected chi connectivity index (χ1v) is 9.84. The van der Waals surface area contributed by atoms with Gasteiger partial charge in [0, 0.05) is 39.3 Å². The van der Waals surface area contributed by atoms with Crippen molar-refractivity contribution in [2.75, 3.05) is 46.4 Å². The number of halogens is 4. The van der Waals surface area contributed by atoms with Gasteiger partial charge in [-0.1, -0.05) is 30.3 Å². The highest BCUT2D eigenvalue weighted by atomic mass is 127. The van der Waals surface area contributed by atoms with Crippen LogP contribution in [0.4, 0.5) is 13.2 Å². The first kappa shape index (κ1) is 26.0. The zero-order valence-electron chi connectivity index (χ0n) is 16.9. The molecule has 9 heteroatoms. The second-order valence-corrected chi connectivity index (χ2v) is 7.03. The van der Waals surface area contributed by atoms with Crippen LogP contribution in [0.5, 0.6) is 0 Å². The molecule has 0 spiro atoms. The van der Waals surface area contributed by atoms with Crippen molar-refractivity contribution in [1.29, 1.82) is 0 Å². The fraction of sp³-hybridized carbons (Fsp3) is 0.650. The van der Waals surface area contributed by atoms with Gasteiger partial charge in [-0.25, -0.2) is 0 Å². The van der Waals surface area contributed by atoms with Crippen LogP contribution in [0.1, 0.15) is 24.8 Å². The van der Waals surface area contributed by atoms with Gasteiger partial charge in [0.05, 0.1) is 13.2 Å². The van der Waals surface area contributed by atoms with Crippen LogP contribution < -0.4 is 10.6 Å². The Kier molecular flexibility index (Phi) is 12.6. The third-order valence-electron chi connectivity index (χ3n) is 4.63. The van der Waals surface area contributed by atoms with E-state index in [0.29, 0.717) is 25.5 Å². The minimum Gasteiger partial charge on any atom is -0.381 e. The lowest BCUT2D eigenvalue weighted by Crippen LogP contribution is -2.45. The third kappa shape index (κ3) is 11.6. The summed E-state index contributed by atoms with van der Waals surface area (Å²) in [4.78, 5) is 5.58. The molecule has 166 valence electrons. The van der Waals surface area contributed by atoms with Crippen LogP contribution in [0.2, 0.25) is 0 Å². The first-order valence-electron chi connectivity index (χ1n) is 9.84. The molecule has 1 heterocycles. The lowest BCUT2D eigenvalue weighted by atomic mass is 10.2. The van der Waals surface area contributed by atoms with Crippen LogP contribution in [0, 0.1) is 0 Å². The Bertz CT molecular complexity index is 587. The molecule has 1 aliphatic rings. The molecule has 0 radical (unpaired) electrons. The van der Waals surface area contributed by atoms with Crippen molar-refractivity contribution in [3.8, 4) is 0 Å². The van der Waals surface area contributed by atoms with Crippen molar-refractivity contribution in [1.82, 2.24) is 15.5 Å². The fourth-order valence-electron chi connectivity index (χ4n) is 3.21. The summed E-state index contributed by atoms with van der Waals surface area (Å²) in [6.45, 7) is 2.18. The number of guanidine groups is 1. The Hall–Kier alpha value is -1.07. The Balaban J connectivity index is 0.00000420. The molecule has 1 saturated heterocycles. The van der Waals surface area contributed by atoms with Crippen LogP contribution in [-0.2, 0) is 11.2 Å². The van der Waals surface area contributed by atoms with Crippen LogP contribution in [0.3, 0.4) is 0 Å². The van der Waals surface area contributed by atoms with E-state index in [1.165, 1.54) is 10.5 Å². The van der Waals surface area contributed by atoms with E-state index in [1.54, 1.807) is 7.05 Å². The van der Waals surface area contributed by atoms with Crippen molar-refractivity contribution in [3.05, 3.63) is 35.9 Å². The van der Waals surface area contributed by atoms with Gasteiger partial charge < -0.3 is 15.4 Å². The van der Waals surface area contributed by atoms with Crippen LogP contribution >= 0.6 is 24.0 Å². The number of ether oxygens (including phenoxy) is 1. The standard InChI is InChI=1S/C20H31F3N4O.HI/c1-24-19(26-18-9-12-27(15-18)16-20(21,22)23)25-11-5-6-13-28-14-10-17-7-3-2-4-8-17;/h2-4,7-8,18H,5-6,9-16H2,1H3,(H2,24,25,26);1H. The van der Waals surface area contributed by atoms with Gasteiger partial charge >= 0.3 is 6.18 Å². The zero-order valence-corrected chi connectivity index (χ0v) is 19.2. The second kappa shape index (κ2) is 14.0. The molecule has 1 atom stereocenters. The number of likely N-dealkylation sites (tertiary alicyclic amines) is 1. The fourth-order valence-corrected chi connectivity index (χ4v) is 3.21. The predicted octanol–water partition coefficient (Wildman–Crippen LogP) is 3.45. The number of aliphatic imine (C=N–C) groups is 1. The minimum atomic E-state index is -4.14. The van der Waals surface area contributed by atoms with Gasteiger partial charge in [-0.05, 0) is 31.2 Å². The quantitative estimate of drug-likeness (QED) is 0.212. The Morgan fingerprint density at radius 3 is 2.66 bits per heavy atom. The Morgan fingerprint density at radius 2 is 1.97 bits per heavy atom. The molecule has 1 fully saturated rings. The summed E-state index contributed by atoms with van der Waals surface area (Å²) in [5.41, 5.74) is 1.28. The van der Waals surface area contributed by atoms with Gasteiger partial charge in [-0.2, -0.15) is 13.2 Å². The summed E-state index contributed by atoms with van der Waals surface area (Å²) in [6.07, 6.45) is -0.648. The molecule has 5 nitrogen and oxygen atoms in total. The van der Waals surface area contributed by atoms with Crippen LogP contribution in [0.25, 0.3) is 0 Å². The summed E-state index contributed by atoms with van der Waals surface area (Å²) in [5.74, 6) is 0.642. The lowest BCUT2D eigenvalue weighted by Gasteiger charge is -2.19. The molecular weight excluding hydrogens is 496 g/mol. The molecule has 0 amide bonds. The molecule has 1 unspecified atom stereocenters. The highest BCUT2D eigenvalue weighted by Crippen LogP contribution is 2.19. The van der Waals surface area contributed by atoms with E-state index >= 15 is 0 Å². The molecule has 0 aromatic heterocycles. The number of alkyl halides is 3. The minimum absolute atomic E-state index is 0. The van der Waals surface area contributed by atoms with E-state index in [-0.39, 0.29) is 30.0 Å². The number of nitrogens with zero attached hydrogens (tertiary/aromatic N) is 2. The maximum Gasteiger partial charge on any atom is 0.401 e. The molecule has 0 aliphatic carbocycles. The summed E-state index contributed by atoms with van der Waals surface area (Å²) in [7, 11) is 1.67. The van der Waals surface area contributed by atoms with Gasteiger partial charge in [-0.3, -0.25) is 9.89 Å². The molecule has 1 aliphatic heterocycles. The second-order valence-electron chi connectivity index (χ2n) is 7.03. The molecule has 0 saturated carbocycles. The first-order chi connectivity index (χ1) is 13.5. The third-order valence-corrected chi connectivity index (χ3v) is 4.63. The summed E-state index contributed by atoms with van der Waals surface area (Å²) in [5, 5.41) is 6.43. The SMILES string of the molecule is CN=C(NCCCCOCCc1ccccc1)NC1CCN(CC(F)(F)F)C1.I. The molecule has 1 aromatic carbocycles. The topological polar surface area (TPSA) is 48.9 Å². The predicted molar refractivity (Wildman–Crippen MR) is 121 cm³/mol. The van der Waals surface area contributed by atoms with Crippen LogP contribution in [-0.4, -0.2) is 69.5 Å². The largest absolute Gasteiger partial charge is 0.401 e. The molecule has 2 N–H and O–H groups in total. The normalized spacial score (nSPS) is 17.8. The van der Waals surface area contributed by atoms with E-state index in [0.717, 1.165) is 39.0 Å². The van der Waals surface area contributed by atoms with E-state index in [9.17, 15) is 13.2 Å². The maximum absolute atomic E-state index is 12.5. The number of rotatable bonds is 10. The summed E-state index contributed by atoms with van der Waals surface area (Å²) >= 11 is 0. The Labute approximate surface area is 188 Å². The molecule has 29 heavy (non-hydrogen) atoms. The maximum atomic E-state index is 12.5. The molecule has 0 bridgehead atoms. The van der Waals surface area contributed by atoms with Gasteiger partial charge in [0.25, 0.3) is 0 Å². The lowest BCUT2D eigenvalue weighted by molar-refractivity contribution is -0.143. The Morgan fingerprint density at radius 1 is 1.21 bits per heavy atom. The highest BCUT2D eigenvalue weighted by Gasteiger charge is 2.34. The van der Waals surface area contributed by atoms with Gasteiger partial charge in [0.2, 0.25) is 0 Å². The summed E-state index contributed by atoms with van der Waals surface area (Å²) in [6, 6.07) is 10.3. The van der Waals surface area contributed by atoms with Gasteiger partial charge in [-0.15, -0.1) is 24.0 Å². The van der Waals surface area contributed by atoms with E-state index in [4.69, 9.17) is 4.74 Å². The smallest absolute Gasteiger partial charge is 0.381 e. The van der Waals surface area contributed by atoms with Gasteiger partial charge in [0.15, 0.2) is 5.96 Å². The van der Waals surface area contributed by atoms with Crippen LogP contribution in [0.15, 0.2) is 35.3 Å². The monoisotopic (exact) mass is 528 g/mol. The molecular formula is C20H32F3IN4O. The van der Waals surface area contributed by atoms with Crippen molar-refractivity contribution in [2.45, 2.75) is 37.9 Å². The average molecular weight is 528 g/mol. The van der Waals surface area contributed by atoms with Gasteiger partial charge in [0.1, 0.15) is 0 Å². The molecule has 2 rings (SSSR count). The number of hydrogen-bond donors (Lipinski definition) is 2. The van der Waals surface area contributed by atoms with Crippen molar-refractivity contribution < 1.29 is 17.9 Å². The summed E-state index contributed by atoms with van der Waals surface area (Å²) < 4.78 is 43.0. The van der Waals surface area contributed by atoms with Crippen molar-refractivity contribution in [2.24, 2.45) is 4.99 Å². The van der Waals surface area contributed by atoms with E-state index < -0.39 is 12.7 Å². The van der Waals surface area contributed by atoms with E-state index in [1.807, 2.05) is 18.2 Å².